The lowest BCUT2D eigenvalue weighted by Crippen LogP contribution is -2.46. The molecule has 5 nitrogen and oxygen atoms in total. The van der Waals surface area contributed by atoms with Crippen molar-refractivity contribution in [3.05, 3.63) is 40.5 Å². The molecule has 2 heterocycles. The normalized spacial score (nSPS) is 26.5. The van der Waals surface area contributed by atoms with Crippen LogP contribution in [0.5, 0.6) is 0 Å². The molecule has 3 atom stereocenters. The van der Waals surface area contributed by atoms with E-state index >= 15 is 0 Å². The van der Waals surface area contributed by atoms with Crippen LogP contribution >= 0.6 is 11.3 Å². The zero-order valence-corrected chi connectivity index (χ0v) is 16.5. The van der Waals surface area contributed by atoms with Crippen molar-refractivity contribution in [3.8, 4) is 10.4 Å². The summed E-state index contributed by atoms with van der Waals surface area (Å²) in [6.07, 6.45) is 2.80. The number of thiazole rings is 1. The summed E-state index contributed by atoms with van der Waals surface area (Å²) in [5.74, 6) is -2.55. The van der Waals surface area contributed by atoms with Crippen LogP contribution in [0.3, 0.4) is 0 Å². The van der Waals surface area contributed by atoms with Gasteiger partial charge in [0.05, 0.1) is 15.3 Å². The van der Waals surface area contributed by atoms with Crippen molar-refractivity contribution in [2.24, 2.45) is 11.1 Å². The van der Waals surface area contributed by atoms with Crippen molar-refractivity contribution < 1.29 is 18.4 Å². The molecule has 1 aromatic carbocycles. The fourth-order valence-corrected chi connectivity index (χ4v) is 5.79. The SMILES string of the molecule is Cc1nc(C(=O)N2[C@H]3CCC[C@]3(C(N)=O)C[C@@H]2C)c(-c2ccc(F)c(F)c2)s1. The number of nitrogens with zero attached hydrogens (tertiary/aromatic N) is 2. The Hall–Kier alpha value is -2.35. The first-order valence-electron chi connectivity index (χ1n) is 9.30. The number of fused-ring (bicyclic) bond motifs is 1. The average molecular weight is 405 g/mol. The summed E-state index contributed by atoms with van der Waals surface area (Å²) in [6.45, 7) is 3.68. The molecule has 2 N–H and O–H groups in total. The summed E-state index contributed by atoms with van der Waals surface area (Å²) in [7, 11) is 0. The quantitative estimate of drug-likeness (QED) is 0.847. The van der Waals surface area contributed by atoms with E-state index in [1.54, 1.807) is 11.8 Å². The first-order chi connectivity index (χ1) is 13.2. The Morgan fingerprint density at radius 2 is 2.07 bits per heavy atom. The Bertz CT molecular complexity index is 976. The van der Waals surface area contributed by atoms with E-state index in [-0.39, 0.29) is 29.6 Å². The van der Waals surface area contributed by atoms with Crippen molar-refractivity contribution in [1.29, 1.82) is 0 Å². The van der Waals surface area contributed by atoms with Crippen molar-refractivity contribution in [2.45, 2.75) is 51.6 Å². The minimum Gasteiger partial charge on any atom is -0.369 e. The van der Waals surface area contributed by atoms with Gasteiger partial charge in [-0.1, -0.05) is 12.5 Å². The number of aryl methyl sites for hydroxylation is 1. The number of benzene rings is 1. The van der Waals surface area contributed by atoms with Gasteiger partial charge >= 0.3 is 0 Å². The van der Waals surface area contributed by atoms with Crippen LogP contribution in [-0.2, 0) is 4.79 Å². The number of carbonyl (C=O) groups is 2. The fraction of sp³-hybridized carbons (Fsp3) is 0.450. The number of halogens is 2. The second-order valence-corrected chi connectivity index (χ2v) is 8.94. The molecule has 2 aromatic rings. The summed E-state index contributed by atoms with van der Waals surface area (Å²) in [5.41, 5.74) is 5.67. The molecule has 0 bridgehead atoms. The third-order valence-electron chi connectivity index (χ3n) is 6.05. The second kappa shape index (κ2) is 6.62. The largest absolute Gasteiger partial charge is 0.369 e. The van der Waals surface area contributed by atoms with Crippen LogP contribution < -0.4 is 5.73 Å². The van der Waals surface area contributed by atoms with E-state index in [9.17, 15) is 18.4 Å². The van der Waals surface area contributed by atoms with Crippen LogP contribution in [0, 0.1) is 24.0 Å². The van der Waals surface area contributed by atoms with Gasteiger partial charge in [0.15, 0.2) is 11.6 Å². The lowest BCUT2D eigenvalue weighted by Gasteiger charge is -2.30. The van der Waals surface area contributed by atoms with E-state index in [0.29, 0.717) is 28.3 Å². The molecule has 2 fully saturated rings. The molecule has 148 valence electrons. The smallest absolute Gasteiger partial charge is 0.274 e. The maximum Gasteiger partial charge on any atom is 0.274 e. The summed E-state index contributed by atoms with van der Waals surface area (Å²) in [6, 6.07) is 3.17. The van der Waals surface area contributed by atoms with Crippen LogP contribution in [-0.4, -0.2) is 33.8 Å². The topological polar surface area (TPSA) is 76.3 Å². The molecule has 8 heteroatoms. The molecule has 1 aliphatic carbocycles. The number of likely N-dealkylation sites (tertiary alicyclic amines) is 1. The van der Waals surface area contributed by atoms with Gasteiger partial charge in [-0.2, -0.15) is 0 Å². The van der Waals surface area contributed by atoms with Gasteiger partial charge in [-0.05, 0) is 50.8 Å². The van der Waals surface area contributed by atoms with Crippen LogP contribution in [0.25, 0.3) is 10.4 Å². The summed E-state index contributed by atoms with van der Waals surface area (Å²) in [5, 5.41) is 0.655. The average Bonchev–Trinajstić information content (AvgIpc) is 3.28. The van der Waals surface area contributed by atoms with Gasteiger partial charge in [0.1, 0.15) is 5.69 Å². The van der Waals surface area contributed by atoms with Crippen LogP contribution in [0.4, 0.5) is 8.78 Å². The first-order valence-corrected chi connectivity index (χ1v) is 10.1. The number of rotatable bonds is 3. The minimum absolute atomic E-state index is 0.148. The van der Waals surface area contributed by atoms with Crippen molar-refractivity contribution in [3.63, 3.8) is 0 Å². The van der Waals surface area contributed by atoms with E-state index in [4.69, 9.17) is 5.73 Å². The number of primary amides is 1. The lowest BCUT2D eigenvalue weighted by atomic mass is 9.80. The Balaban J connectivity index is 1.75. The standard InChI is InChI=1S/C20H21F2N3O2S/c1-10-9-20(19(23)27)7-3-4-15(20)25(10)18(26)16-17(28-11(2)24-16)12-5-6-13(21)14(22)8-12/h5-6,8,10,15H,3-4,7,9H2,1-2H3,(H2,23,27)/t10-,15-,20-/m0/s1. The molecule has 28 heavy (non-hydrogen) atoms. The number of amides is 2. The molecule has 1 saturated carbocycles. The molecule has 0 spiro atoms. The van der Waals surface area contributed by atoms with Crippen LogP contribution in [0.15, 0.2) is 18.2 Å². The fourth-order valence-electron chi connectivity index (χ4n) is 4.89. The summed E-state index contributed by atoms with van der Waals surface area (Å²) >= 11 is 1.26. The van der Waals surface area contributed by atoms with E-state index in [1.165, 1.54) is 17.4 Å². The molecular formula is C20H21F2N3O2S. The zero-order valence-electron chi connectivity index (χ0n) is 15.7. The van der Waals surface area contributed by atoms with E-state index in [1.807, 2.05) is 6.92 Å². The second-order valence-electron chi connectivity index (χ2n) is 7.73. The summed E-state index contributed by atoms with van der Waals surface area (Å²) in [4.78, 5) is 32.3. The van der Waals surface area contributed by atoms with Gasteiger partial charge in [0.25, 0.3) is 5.91 Å². The zero-order chi connectivity index (χ0) is 20.2. The first kappa shape index (κ1) is 19.0. The van der Waals surface area contributed by atoms with E-state index in [2.05, 4.69) is 4.98 Å². The molecule has 4 rings (SSSR count). The lowest BCUT2D eigenvalue weighted by molar-refractivity contribution is -0.127. The van der Waals surface area contributed by atoms with Gasteiger partial charge in [0.2, 0.25) is 5.91 Å². The third-order valence-corrected chi connectivity index (χ3v) is 7.07. The van der Waals surface area contributed by atoms with E-state index in [0.717, 1.165) is 25.0 Å². The van der Waals surface area contributed by atoms with Gasteiger partial charge in [-0.15, -0.1) is 11.3 Å². The number of aromatic nitrogens is 1. The Morgan fingerprint density at radius 3 is 2.75 bits per heavy atom. The number of nitrogens with two attached hydrogens (primary N) is 1. The Morgan fingerprint density at radius 1 is 1.32 bits per heavy atom. The monoisotopic (exact) mass is 405 g/mol. The predicted molar refractivity (Wildman–Crippen MR) is 102 cm³/mol. The van der Waals surface area contributed by atoms with Crippen LogP contribution in [0.2, 0.25) is 0 Å². The van der Waals surface area contributed by atoms with Crippen molar-refractivity contribution in [1.82, 2.24) is 9.88 Å². The minimum atomic E-state index is -0.972. The van der Waals surface area contributed by atoms with Crippen molar-refractivity contribution >= 4 is 23.2 Å². The Kier molecular flexibility index (Phi) is 4.49. The third kappa shape index (κ3) is 2.73. The number of carbonyl (C=O) groups excluding carboxylic acids is 2. The Labute approximate surface area is 165 Å². The molecule has 2 aliphatic rings. The maximum absolute atomic E-state index is 13.7. The van der Waals surface area contributed by atoms with Crippen molar-refractivity contribution in [2.75, 3.05) is 0 Å². The van der Waals surface area contributed by atoms with Gasteiger partial charge in [-0.3, -0.25) is 9.59 Å². The molecule has 0 radical (unpaired) electrons. The highest BCUT2D eigenvalue weighted by Crippen LogP contribution is 2.51. The molecule has 2 amide bonds. The number of hydrogen-bond donors (Lipinski definition) is 1. The highest BCUT2D eigenvalue weighted by molar-refractivity contribution is 7.15. The highest BCUT2D eigenvalue weighted by atomic mass is 32.1. The maximum atomic E-state index is 13.7. The highest BCUT2D eigenvalue weighted by Gasteiger charge is 2.58. The van der Waals surface area contributed by atoms with Gasteiger partial charge in [0, 0.05) is 12.1 Å². The van der Waals surface area contributed by atoms with Gasteiger partial charge in [-0.25, -0.2) is 13.8 Å². The van der Waals surface area contributed by atoms with Crippen LogP contribution in [0.1, 0.15) is 48.1 Å². The predicted octanol–water partition coefficient (Wildman–Crippen LogP) is 3.66. The molecule has 1 aliphatic heterocycles. The molecule has 0 unspecified atom stereocenters. The molecule has 1 saturated heterocycles. The van der Waals surface area contributed by atoms with E-state index < -0.39 is 17.0 Å². The molecular weight excluding hydrogens is 384 g/mol. The summed E-state index contributed by atoms with van der Waals surface area (Å²) < 4.78 is 27.1. The number of hydrogen-bond acceptors (Lipinski definition) is 4. The van der Waals surface area contributed by atoms with Gasteiger partial charge < -0.3 is 10.6 Å². The molecule has 1 aromatic heterocycles.